The summed E-state index contributed by atoms with van der Waals surface area (Å²) in [5, 5.41) is 9.00. The van der Waals surface area contributed by atoms with Gasteiger partial charge in [-0.15, -0.1) is 0 Å². The lowest BCUT2D eigenvalue weighted by atomic mass is 9.95. The number of anilines is 1. The Hall–Kier alpha value is -2.47. The van der Waals surface area contributed by atoms with Crippen LogP contribution in [0.25, 0.3) is 0 Å². The van der Waals surface area contributed by atoms with Crippen molar-refractivity contribution in [3.05, 3.63) is 34.0 Å². The number of nitrogens with two attached hydrogens (primary N) is 1. The van der Waals surface area contributed by atoms with Crippen molar-refractivity contribution in [2.24, 2.45) is 4.99 Å². The molecule has 6 nitrogen and oxygen atoms in total. The van der Waals surface area contributed by atoms with Crippen LogP contribution in [-0.2, 0) is 9.59 Å². The van der Waals surface area contributed by atoms with Gasteiger partial charge in [0.15, 0.2) is 5.78 Å². The van der Waals surface area contributed by atoms with Crippen molar-refractivity contribution in [1.82, 2.24) is 4.90 Å². The number of Topliss-reactive ketones (excluding diaryl/α,β-unsaturated/α-hetero) is 1. The third kappa shape index (κ3) is 3.49. The normalized spacial score (nSPS) is 16.4. The van der Waals surface area contributed by atoms with Gasteiger partial charge in [-0.05, 0) is 49.9 Å². The van der Waals surface area contributed by atoms with Crippen molar-refractivity contribution < 1.29 is 14.7 Å². The Kier molecular flexibility index (Phi) is 5.42. The molecule has 0 saturated carbocycles. The first-order valence-electron chi connectivity index (χ1n) is 8.23. The van der Waals surface area contributed by atoms with Crippen LogP contribution in [0, 0.1) is 27.7 Å². The maximum absolute atomic E-state index is 12.4. The minimum absolute atomic E-state index is 0.0399. The van der Waals surface area contributed by atoms with Crippen LogP contribution in [0.2, 0.25) is 0 Å². The zero-order chi connectivity index (χ0) is 18.9. The molecule has 0 aromatic heterocycles. The zero-order valence-electron chi connectivity index (χ0n) is 15.4. The lowest BCUT2D eigenvalue weighted by molar-refractivity contribution is -0.118. The van der Waals surface area contributed by atoms with Crippen LogP contribution >= 0.6 is 0 Å². The van der Waals surface area contributed by atoms with E-state index in [-0.39, 0.29) is 30.3 Å². The molecule has 0 unspecified atom stereocenters. The fraction of sp³-hybridized carbons (Fsp3) is 0.421. The maximum atomic E-state index is 12.4. The van der Waals surface area contributed by atoms with Crippen molar-refractivity contribution in [3.63, 3.8) is 0 Å². The third-order valence-electron chi connectivity index (χ3n) is 4.90. The lowest BCUT2D eigenvalue weighted by Gasteiger charge is -2.23. The molecule has 6 heteroatoms. The molecule has 0 aliphatic heterocycles. The monoisotopic (exact) mass is 343 g/mol. The molecule has 1 aromatic carbocycles. The highest BCUT2D eigenvalue weighted by Gasteiger charge is 2.27. The number of aliphatic hydroxyl groups excluding tert-OH is 1. The number of carbonyl (C=O) groups is 2. The molecule has 0 radical (unpaired) electrons. The van der Waals surface area contributed by atoms with E-state index in [9.17, 15) is 9.59 Å². The van der Waals surface area contributed by atoms with Crippen LogP contribution in [0.5, 0.6) is 0 Å². The van der Waals surface area contributed by atoms with Gasteiger partial charge in [0.2, 0.25) is 5.78 Å². The highest BCUT2D eigenvalue weighted by molar-refractivity contribution is 6.50. The summed E-state index contributed by atoms with van der Waals surface area (Å²) >= 11 is 0. The van der Waals surface area contributed by atoms with Crippen molar-refractivity contribution in [2.75, 3.05) is 25.9 Å². The summed E-state index contributed by atoms with van der Waals surface area (Å²) in [6.07, 6.45) is 1.27. The van der Waals surface area contributed by atoms with Crippen LogP contribution in [0.4, 0.5) is 11.4 Å². The Balaban J connectivity index is 2.48. The van der Waals surface area contributed by atoms with Crippen molar-refractivity contribution >= 4 is 28.7 Å². The van der Waals surface area contributed by atoms with Crippen LogP contribution in [-0.4, -0.2) is 47.5 Å². The Morgan fingerprint density at radius 2 is 1.68 bits per heavy atom. The molecule has 0 spiro atoms. The van der Waals surface area contributed by atoms with Gasteiger partial charge in [0.05, 0.1) is 30.1 Å². The average Bonchev–Trinajstić information content (AvgIpc) is 2.57. The van der Waals surface area contributed by atoms with Gasteiger partial charge in [-0.3, -0.25) is 9.59 Å². The summed E-state index contributed by atoms with van der Waals surface area (Å²) in [7, 11) is 1.68. The number of aliphatic hydroxyl groups is 1. The fourth-order valence-electron chi connectivity index (χ4n) is 2.93. The van der Waals surface area contributed by atoms with E-state index in [0.29, 0.717) is 17.9 Å². The molecule has 134 valence electrons. The molecule has 1 aliphatic carbocycles. The SMILES string of the molecule is Cc1c(C)c(N=C2CC(=O)C(N(C)CCO)=CC2=O)c(C)c(C)c1N. The van der Waals surface area contributed by atoms with E-state index in [1.807, 2.05) is 27.7 Å². The van der Waals surface area contributed by atoms with E-state index >= 15 is 0 Å². The zero-order valence-corrected chi connectivity index (χ0v) is 15.4. The van der Waals surface area contributed by atoms with Gasteiger partial charge < -0.3 is 15.7 Å². The summed E-state index contributed by atoms with van der Waals surface area (Å²) < 4.78 is 0. The molecule has 25 heavy (non-hydrogen) atoms. The molecule has 0 fully saturated rings. The number of allylic oxidation sites excluding steroid dienone is 2. The molecule has 0 saturated heterocycles. The molecule has 2 rings (SSSR count). The summed E-state index contributed by atoms with van der Waals surface area (Å²) in [5.41, 5.74) is 11.8. The third-order valence-corrected chi connectivity index (χ3v) is 4.90. The fourth-order valence-corrected chi connectivity index (χ4v) is 2.93. The van der Waals surface area contributed by atoms with E-state index in [1.54, 1.807) is 11.9 Å². The van der Waals surface area contributed by atoms with Crippen LogP contribution in [0.15, 0.2) is 16.8 Å². The highest BCUT2D eigenvalue weighted by Crippen LogP contribution is 2.34. The van der Waals surface area contributed by atoms with Gasteiger partial charge in [-0.25, -0.2) is 4.99 Å². The van der Waals surface area contributed by atoms with Gasteiger partial charge in [-0.1, -0.05) is 0 Å². The standard InChI is InChI=1S/C19H25N3O3/c1-10-12(3)19(13(4)11(2)18(10)20)21-14-8-17(25)15(9-16(14)24)22(5)6-7-23/h9,23H,6-8,20H2,1-5H3. The summed E-state index contributed by atoms with van der Waals surface area (Å²) in [4.78, 5) is 30.9. The highest BCUT2D eigenvalue weighted by atomic mass is 16.3. The van der Waals surface area contributed by atoms with Crippen molar-refractivity contribution in [1.29, 1.82) is 0 Å². The largest absolute Gasteiger partial charge is 0.398 e. The number of ketones is 2. The van der Waals surface area contributed by atoms with E-state index < -0.39 is 0 Å². The quantitative estimate of drug-likeness (QED) is 0.814. The minimum Gasteiger partial charge on any atom is -0.398 e. The second-order valence-electron chi connectivity index (χ2n) is 6.46. The van der Waals surface area contributed by atoms with E-state index in [0.717, 1.165) is 27.9 Å². The molecular formula is C19H25N3O3. The van der Waals surface area contributed by atoms with Crippen LogP contribution < -0.4 is 5.73 Å². The van der Waals surface area contributed by atoms with Crippen LogP contribution in [0.3, 0.4) is 0 Å². The van der Waals surface area contributed by atoms with Crippen LogP contribution in [0.1, 0.15) is 28.7 Å². The second kappa shape index (κ2) is 7.19. The Bertz CT molecular complexity index is 778. The van der Waals surface area contributed by atoms with Crippen molar-refractivity contribution in [3.8, 4) is 0 Å². The molecule has 1 aromatic rings. The predicted octanol–water partition coefficient (Wildman–Crippen LogP) is 1.92. The number of aliphatic imine (C=N–C) groups is 1. The number of hydrogen-bond donors (Lipinski definition) is 2. The molecule has 1 aliphatic rings. The molecular weight excluding hydrogens is 318 g/mol. The number of nitrogens with zero attached hydrogens (tertiary/aromatic N) is 2. The molecule has 0 atom stereocenters. The predicted molar refractivity (Wildman–Crippen MR) is 99.3 cm³/mol. The molecule has 0 heterocycles. The first-order chi connectivity index (χ1) is 11.7. The first-order valence-corrected chi connectivity index (χ1v) is 8.23. The molecule has 0 bridgehead atoms. The van der Waals surface area contributed by atoms with Gasteiger partial charge in [0.1, 0.15) is 0 Å². The lowest BCUT2D eigenvalue weighted by Crippen LogP contribution is -2.33. The van der Waals surface area contributed by atoms with E-state index in [4.69, 9.17) is 10.8 Å². The summed E-state index contributed by atoms with van der Waals surface area (Å²) in [6, 6.07) is 0. The number of nitrogen functional groups attached to an aromatic ring is 1. The maximum Gasteiger partial charge on any atom is 0.202 e. The Morgan fingerprint density at radius 3 is 2.20 bits per heavy atom. The number of carbonyl (C=O) groups excluding carboxylic acids is 2. The van der Waals surface area contributed by atoms with Gasteiger partial charge >= 0.3 is 0 Å². The topological polar surface area (TPSA) is 96.0 Å². The molecule has 0 amide bonds. The van der Waals surface area contributed by atoms with Gasteiger partial charge in [-0.2, -0.15) is 0 Å². The average molecular weight is 343 g/mol. The minimum atomic E-state index is -0.273. The van der Waals surface area contributed by atoms with Gasteiger partial charge in [0, 0.05) is 25.4 Å². The number of rotatable bonds is 4. The Labute approximate surface area is 148 Å². The number of likely N-dealkylation sites (N-methyl/N-ethyl adjacent to an activating group) is 1. The number of benzene rings is 1. The van der Waals surface area contributed by atoms with Gasteiger partial charge in [0.25, 0.3) is 0 Å². The first kappa shape index (κ1) is 18.9. The van der Waals surface area contributed by atoms with Crippen molar-refractivity contribution in [2.45, 2.75) is 34.1 Å². The number of hydrogen-bond acceptors (Lipinski definition) is 6. The summed E-state index contributed by atoms with van der Waals surface area (Å²) in [5.74, 6) is -0.446. The van der Waals surface area contributed by atoms with E-state index in [2.05, 4.69) is 4.99 Å². The van der Waals surface area contributed by atoms with E-state index in [1.165, 1.54) is 6.08 Å². The summed E-state index contributed by atoms with van der Waals surface area (Å²) in [6.45, 7) is 7.91. The smallest absolute Gasteiger partial charge is 0.202 e. The Morgan fingerprint density at radius 1 is 1.12 bits per heavy atom. The molecule has 3 N–H and O–H groups in total. The second-order valence-corrected chi connectivity index (χ2v) is 6.46.